The van der Waals surface area contributed by atoms with Crippen LogP contribution in [0.5, 0.6) is 11.8 Å². The van der Waals surface area contributed by atoms with Gasteiger partial charge in [-0.2, -0.15) is 4.98 Å². The van der Waals surface area contributed by atoms with Gasteiger partial charge in [0.2, 0.25) is 0 Å². The van der Waals surface area contributed by atoms with Crippen molar-refractivity contribution in [2.45, 2.75) is 26.7 Å². The van der Waals surface area contributed by atoms with Crippen LogP contribution >= 0.6 is 0 Å². The number of aryl methyl sites for hydroxylation is 2. The fraction of sp³-hybridized carbons (Fsp3) is 0.308. The molecule has 0 saturated carbocycles. The van der Waals surface area contributed by atoms with Crippen LogP contribution in [-0.4, -0.2) is 31.2 Å². The zero-order valence-electron chi connectivity index (χ0n) is 11.2. The molecule has 7 heteroatoms. The lowest BCUT2D eigenvalue weighted by Gasteiger charge is -2.08. The summed E-state index contributed by atoms with van der Waals surface area (Å²) in [5, 5.41) is 16.9. The van der Waals surface area contributed by atoms with Crippen molar-refractivity contribution in [3.05, 3.63) is 35.4 Å². The molecule has 0 amide bonds. The molecule has 0 radical (unpaired) electrons. The van der Waals surface area contributed by atoms with E-state index in [0.29, 0.717) is 6.42 Å². The maximum atomic E-state index is 11.1. The van der Waals surface area contributed by atoms with Gasteiger partial charge in [-0.3, -0.25) is 4.98 Å². The number of rotatable bonds is 5. The van der Waals surface area contributed by atoms with E-state index in [1.54, 1.807) is 0 Å². The average molecular weight is 274 g/mol. The molecule has 2 aromatic rings. The fourth-order valence-corrected chi connectivity index (χ4v) is 1.70. The van der Waals surface area contributed by atoms with Gasteiger partial charge in [-0.05, 0) is 18.9 Å². The Bertz CT molecular complexity index is 631. The molecular weight excluding hydrogens is 260 g/mol. The number of hydrogen-bond donors (Lipinski definition) is 1. The van der Waals surface area contributed by atoms with E-state index in [1.807, 2.05) is 13.8 Å². The Morgan fingerprint density at radius 3 is 2.65 bits per heavy atom. The number of carbonyl (C=O) groups is 1. The van der Waals surface area contributed by atoms with E-state index in [1.165, 1.54) is 18.5 Å². The number of pyridine rings is 1. The first kappa shape index (κ1) is 13.9. The summed E-state index contributed by atoms with van der Waals surface area (Å²) in [5.41, 5.74) is 1.60. The van der Waals surface area contributed by atoms with Gasteiger partial charge in [0.25, 0.3) is 0 Å². The standard InChI is InChI=1S/C13H14N4O3/c1-3-9-10(4-2)16-17-13(15-9)20-11-7-14-6-5-8(11)12(18)19/h5-7H,3-4H2,1-2H3,(H,18,19). The molecule has 0 saturated heterocycles. The lowest BCUT2D eigenvalue weighted by atomic mass is 10.2. The second-order valence-electron chi connectivity index (χ2n) is 3.97. The molecule has 7 nitrogen and oxygen atoms in total. The molecule has 0 aliphatic carbocycles. The highest BCUT2D eigenvalue weighted by molar-refractivity contribution is 5.90. The highest BCUT2D eigenvalue weighted by Gasteiger charge is 2.14. The first-order chi connectivity index (χ1) is 9.65. The van der Waals surface area contributed by atoms with Gasteiger partial charge in [-0.1, -0.05) is 18.9 Å². The summed E-state index contributed by atoms with van der Waals surface area (Å²) in [4.78, 5) is 19.1. The average Bonchev–Trinajstić information content (AvgIpc) is 2.47. The van der Waals surface area contributed by atoms with E-state index in [-0.39, 0.29) is 17.3 Å². The largest absolute Gasteiger partial charge is 0.478 e. The van der Waals surface area contributed by atoms with Crippen molar-refractivity contribution in [2.75, 3.05) is 0 Å². The topological polar surface area (TPSA) is 98.1 Å². The predicted octanol–water partition coefficient (Wildman–Crippen LogP) is 1.88. The van der Waals surface area contributed by atoms with Crippen molar-refractivity contribution < 1.29 is 14.6 Å². The van der Waals surface area contributed by atoms with Crippen LogP contribution in [0.2, 0.25) is 0 Å². The third-order valence-corrected chi connectivity index (χ3v) is 2.71. The molecule has 0 unspecified atom stereocenters. The molecule has 2 rings (SSSR count). The van der Waals surface area contributed by atoms with Crippen LogP contribution in [0.4, 0.5) is 0 Å². The second kappa shape index (κ2) is 6.05. The zero-order valence-corrected chi connectivity index (χ0v) is 11.2. The Morgan fingerprint density at radius 1 is 1.25 bits per heavy atom. The summed E-state index contributed by atoms with van der Waals surface area (Å²) in [5.74, 6) is -1.01. The SMILES string of the molecule is CCc1nnc(Oc2cnccc2C(=O)O)nc1CC. The van der Waals surface area contributed by atoms with E-state index < -0.39 is 5.97 Å². The van der Waals surface area contributed by atoms with Crippen LogP contribution in [0.3, 0.4) is 0 Å². The Hall–Kier alpha value is -2.57. The number of carboxylic acid groups (broad SMARTS) is 1. The van der Waals surface area contributed by atoms with Crippen LogP contribution in [-0.2, 0) is 12.8 Å². The van der Waals surface area contributed by atoms with Gasteiger partial charge in [0.15, 0.2) is 5.75 Å². The lowest BCUT2D eigenvalue weighted by Crippen LogP contribution is -2.06. The predicted molar refractivity (Wildman–Crippen MR) is 69.9 cm³/mol. The highest BCUT2D eigenvalue weighted by Crippen LogP contribution is 2.21. The fourth-order valence-electron chi connectivity index (χ4n) is 1.70. The summed E-state index contributed by atoms with van der Waals surface area (Å²) >= 11 is 0. The first-order valence-corrected chi connectivity index (χ1v) is 6.23. The molecule has 0 bridgehead atoms. The van der Waals surface area contributed by atoms with Crippen LogP contribution < -0.4 is 4.74 Å². The molecule has 0 fully saturated rings. The number of aromatic nitrogens is 4. The monoisotopic (exact) mass is 274 g/mol. The van der Waals surface area contributed by atoms with Crippen molar-refractivity contribution in [1.29, 1.82) is 0 Å². The minimum absolute atomic E-state index is 0.00113. The lowest BCUT2D eigenvalue weighted by molar-refractivity contribution is 0.0694. The molecule has 104 valence electrons. The van der Waals surface area contributed by atoms with Crippen molar-refractivity contribution in [3.63, 3.8) is 0 Å². The maximum absolute atomic E-state index is 11.1. The van der Waals surface area contributed by atoms with Gasteiger partial charge < -0.3 is 9.84 Å². The van der Waals surface area contributed by atoms with Crippen molar-refractivity contribution in [1.82, 2.24) is 20.2 Å². The minimum Gasteiger partial charge on any atom is -0.478 e. The normalized spacial score (nSPS) is 10.3. The van der Waals surface area contributed by atoms with Crippen molar-refractivity contribution in [3.8, 4) is 11.8 Å². The Balaban J connectivity index is 2.33. The second-order valence-corrected chi connectivity index (χ2v) is 3.97. The molecule has 0 atom stereocenters. The first-order valence-electron chi connectivity index (χ1n) is 6.23. The molecule has 2 heterocycles. The molecular formula is C13H14N4O3. The number of carboxylic acids is 1. The third-order valence-electron chi connectivity index (χ3n) is 2.71. The highest BCUT2D eigenvalue weighted by atomic mass is 16.5. The summed E-state index contributed by atoms with van der Waals surface area (Å²) in [6, 6.07) is 1.38. The molecule has 2 aromatic heterocycles. The molecule has 0 aliphatic rings. The summed E-state index contributed by atoms with van der Waals surface area (Å²) in [6.07, 6.45) is 4.13. The van der Waals surface area contributed by atoms with E-state index in [0.717, 1.165) is 17.8 Å². The number of ether oxygens (including phenoxy) is 1. The number of hydrogen-bond acceptors (Lipinski definition) is 6. The molecule has 20 heavy (non-hydrogen) atoms. The van der Waals surface area contributed by atoms with Crippen molar-refractivity contribution >= 4 is 5.97 Å². The molecule has 0 aromatic carbocycles. The van der Waals surface area contributed by atoms with E-state index >= 15 is 0 Å². The van der Waals surface area contributed by atoms with Gasteiger partial charge in [0, 0.05) is 6.20 Å². The molecule has 0 spiro atoms. The smallest absolute Gasteiger partial charge is 0.341 e. The van der Waals surface area contributed by atoms with Crippen LogP contribution in [0, 0.1) is 0 Å². The Morgan fingerprint density at radius 2 is 2.00 bits per heavy atom. The molecule has 0 aliphatic heterocycles. The third kappa shape index (κ3) is 2.87. The van der Waals surface area contributed by atoms with Gasteiger partial charge in [-0.15, -0.1) is 5.10 Å². The van der Waals surface area contributed by atoms with Gasteiger partial charge in [0.1, 0.15) is 5.56 Å². The Labute approximate surface area is 115 Å². The van der Waals surface area contributed by atoms with Crippen molar-refractivity contribution in [2.24, 2.45) is 0 Å². The minimum atomic E-state index is -1.10. The van der Waals surface area contributed by atoms with E-state index in [4.69, 9.17) is 9.84 Å². The van der Waals surface area contributed by atoms with Gasteiger partial charge in [0.05, 0.1) is 17.6 Å². The number of nitrogens with zero attached hydrogens (tertiary/aromatic N) is 4. The quantitative estimate of drug-likeness (QED) is 0.888. The van der Waals surface area contributed by atoms with Gasteiger partial charge in [-0.25, -0.2) is 4.79 Å². The van der Waals surface area contributed by atoms with Crippen LogP contribution in [0.15, 0.2) is 18.5 Å². The zero-order chi connectivity index (χ0) is 14.5. The maximum Gasteiger partial charge on any atom is 0.341 e. The van der Waals surface area contributed by atoms with Crippen LogP contribution in [0.1, 0.15) is 35.6 Å². The summed E-state index contributed by atoms with van der Waals surface area (Å²) in [7, 11) is 0. The van der Waals surface area contributed by atoms with E-state index in [9.17, 15) is 4.79 Å². The van der Waals surface area contributed by atoms with Crippen LogP contribution in [0.25, 0.3) is 0 Å². The van der Waals surface area contributed by atoms with Gasteiger partial charge >= 0.3 is 12.0 Å². The molecule has 1 N–H and O–H groups in total. The van der Waals surface area contributed by atoms with E-state index in [2.05, 4.69) is 20.2 Å². The summed E-state index contributed by atoms with van der Waals surface area (Å²) in [6.45, 7) is 3.93. The summed E-state index contributed by atoms with van der Waals surface area (Å²) < 4.78 is 5.38. The number of aromatic carboxylic acids is 1. The Kier molecular flexibility index (Phi) is 4.19.